The predicted molar refractivity (Wildman–Crippen MR) is 361 cm³/mol. The lowest BCUT2D eigenvalue weighted by Gasteiger charge is -2.18. The zero-order valence-corrected chi connectivity index (χ0v) is 53.4. The van der Waals surface area contributed by atoms with E-state index in [0.29, 0.717) is 25.7 Å². The van der Waals surface area contributed by atoms with E-state index in [1.54, 1.807) is 0 Å². The normalized spacial score (nSPS) is 13.2. The van der Waals surface area contributed by atoms with Crippen molar-refractivity contribution in [3.63, 3.8) is 0 Å². The van der Waals surface area contributed by atoms with Gasteiger partial charge in [-0.1, -0.05) is 274 Å². The van der Waals surface area contributed by atoms with Crippen LogP contribution in [0.2, 0.25) is 0 Å². The molecular formula is C77H122O6. The van der Waals surface area contributed by atoms with Crippen molar-refractivity contribution in [1.29, 1.82) is 0 Å². The quantitative estimate of drug-likeness (QED) is 0.0261. The second-order valence-corrected chi connectivity index (χ2v) is 21.6. The Morgan fingerprint density at radius 3 is 0.759 bits per heavy atom. The lowest BCUT2D eigenvalue weighted by Crippen LogP contribution is -2.30. The van der Waals surface area contributed by atoms with Crippen molar-refractivity contribution in [3.8, 4) is 0 Å². The second-order valence-electron chi connectivity index (χ2n) is 21.6. The Balaban J connectivity index is 4.46. The van der Waals surface area contributed by atoms with Gasteiger partial charge in [0, 0.05) is 19.3 Å². The highest BCUT2D eigenvalue weighted by atomic mass is 16.6. The maximum Gasteiger partial charge on any atom is 0.306 e. The SMILES string of the molecule is CC/C=C\C/C=C\C/C=C\C/C=C\C/C=C\C/C=C\C/C=C\CCCCCCCCCC(=O)OCC(COC(=O)CCCC/C=C\C/C=C\C/C=C\C/C=C\CC)OC(=O)CCCCCCCC/C=C\C/C=C\C/C=C\CCCCCCC. The molecule has 0 aliphatic rings. The molecule has 83 heavy (non-hydrogen) atoms. The molecule has 466 valence electrons. The molecule has 0 aromatic heterocycles. The number of ether oxygens (including phenoxy) is 3. The van der Waals surface area contributed by atoms with Gasteiger partial charge in [0.2, 0.25) is 0 Å². The van der Waals surface area contributed by atoms with Gasteiger partial charge in [-0.25, -0.2) is 0 Å². The maximum atomic E-state index is 12.9. The summed E-state index contributed by atoms with van der Waals surface area (Å²) in [5.74, 6) is -0.978. The molecule has 6 nitrogen and oxygen atoms in total. The molecule has 0 bridgehead atoms. The number of carbonyl (C=O) groups excluding carboxylic acids is 3. The third-order valence-electron chi connectivity index (χ3n) is 13.7. The first kappa shape index (κ1) is 77.8. The first-order valence-corrected chi connectivity index (χ1v) is 33.6. The smallest absolute Gasteiger partial charge is 0.306 e. The van der Waals surface area contributed by atoms with E-state index in [1.165, 1.54) is 77.0 Å². The largest absolute Gasteiger partial charge is 0.462 e. The summed E-state index contributed by atoms with van der Waals surface area (Å²) >= 11 is 0. The summed E-state index contributed by atoms with van der Waals surface area (Å²) in [6.07, 6.45) is 102. The van der Waals surface area contributed by atoms with Gasteiger partial charge in [-0.15, -0.1) is 0 Å². The van der Waals surface area contributed by atoms with Gasteiger partial charge in [-0.2, -0.15) is 0 Å². The minimum Gasteiger partial charge on any atom is -0.462 e. The van der Waals surface area contributed by atoms with Crippen LogP contribution in [-0.2, 0) is 28.6 Å². The Kier molecular flexibility index (Phi) is 64.9. The number of allylic oxidation sites excluding steroid dienone is 28. The Bertz CT molecular complexity index is 1890. The Hall–Kier alpha value is -5.23. The van der Waals surface area contributed by atoms with Crippen molar-refractivity contribution in [2.45, 2.75) is 284 Å². The van der Waals surface area contributed by atoms with E-state index < -0.39 is 6.10 Å². The number of unbranched alkanes of at least 4 members (excludes halogenated alkanes) is 20. The molecule has 0 aliphatic heterocycles. The van der Waals surface area contributed by atoms with E-state index in [4.69, 9.17) is 14.2 Å². The molecule has 0 fully saturated rings. The van der Waals surface area contributed by atoms with Crippen LogP contribution < -0.4 is 0 Å². The number of hydrogen-bond acceptors (Lipinski definition) is 6. The fraction of sp³-hybridized carbons (Fsp3) is 0.597. The van der Waals surface area contributed by atoms with Crippen LogP contribution >= 0.6 is 0 Å². The summed E-state index contributed by atoms with van der Waals surface area (Å²) in [6, 6.07) is 0. The molecule has 0 aliphatic carbocycles. The lowest BCUT2D eigenvalue weighted by atomic mass is 10.1. The van der Waals surface area contributed by atoms with Crippen molar-refractivity contribution in [2.75, 3.05) is 13.2 Å². The van der Waals surface area contributed by atoms with Gasteiger partial charge in [0.1, 0.15) is 13.2 Å². The maximum absolute atomic E-state index is 12.9. The molecule has 0 saturated carbocycles. The molecule has 0 amide bonds. The van der Waals surface area contributed by atoms with Crippen LogP contribution in [0.25, 0.3) is 0 Å². The Morgan fingerprint density at radius 2 is 0.470 bits per heavy atom. The number of esters is 3. The van der Waals surface area contributed by atoms with Crippen molar-refractivity contribution in [3.05, 3.63) is 170 Å². The topological polar surface area (TPSA) is 78.9 Å². The molecule has 0 N–H and O–H groups in total. The van der Waals surface area contributed by atoms with Gasteiger partial charge in [-0.05, 0) is 154 Å². The van der Waals surface area contributed by atoms with E-state index in [-0.39, 0.29) is 31.1 Å². The van der Waals surface area contributed by atoms with E-state index in [0.717, 1.165) is 154 Å². The van der Waals surface area contributed by atoms with E-state index in [2.05, 4.69) is 191 Å². The summed E-state index contributed by atoms with van der Waals surface area (Å²) in [5, 5.41) is 0. The van der Waals surface area contributed by atoms with Crippen LogP contribution in [0.4, 0.5) is 0 Å². The summed E-state index contributed by atoms with van der Waals surface area (Å²) in [6.45, 7) is 6.34. The molecule has 6 heteroatoms. The molecule has 1 atom stereocenters. The van der Waals surface area contributed by atoms with Crippen LogP contribution in [0.15, 0.2) is 170 Å². The van der Waals surface area contributed by atoms with Gasteiger partial charge >= 0.3 is 17.9 Å². The molecule has 0 aromatic rings. The summed E-state index contributed by atoms with van der Waals surface area (Å²) < 4.78 is 16.9. The Morgan fingerprint density at radius 1 is 0.253 bits per heavy atom. The standard InChI is InChI=1S/C77H122O6/c1-4-7-10-13-16-19-22-25-28-30-32-34-35-36-37-38-39-40-41-43-44-46-49-52-55-58-61-64-67-70-76(79)82-73-74(72-81-75(78)69-66-63-60-57-54-51-48-27-24-21-18-15-12-9-6-3)83-77(80)71-68-65-62-59-56-53-50-47-45-42-33-31-29-26-23-20-17-14-11-8-5-2/h7,9-10,12,16,18-19,21,23,25-28,31-34,36-37,39-40,43-45,47-48,54,57,74H,4-6,8,11,13-15,17,20,22,24,29-30,35,38,41-42,46,49-53,55-56,58-73H2,1-3H3/b10-7-,12-9-,19-16-,21-18-,26-23-,28-25-,33-31-,34-32-,37-36-,40-39-,44-43-,47-45-,48-27-,57-54-. The average molecular weight is 1140 g/mol. The molecule has 1 unspecified atom stereocenters. The summed E-state index contributed by atoms with van der Waals surface area (Å²) in [5.41, 5.74) is 0. The van der Waals surface area contributed by atoms with Gasteiger partial charge in [0.25, 0.3) is 0 Å². The van der Waals surface area contributed by atoms with E-state index >= 15 is 0 Å². The van der Waals surface area contributed by atoms with Crippen molar-refractivity contribution >= 4 is 17.9 Å². The van der Waals surface area contributed by atoms with Gasteiger partial charge in [-0.3, -0.25) is 14.4 Å². The molecule has 0 heterocycles. The lowest BCUT2D eigenvalue weighted by molar-refractivity contribution is -0.167. The van der Waals surface area contributed by atoms with Crippen LogP contribution in [0.5, 0.6) is 0 Å². The summed E-state index contributed by atoms with van der Waals surface area (Å²) in [7, 11) is 0. The molecule has 0 radical (unpaired) electrons. The molecular weight excluding hydrogens is 1020 g/mol. The summed E-state index contributed by atoms with van der Waals surface area (Å²) in [4.78, 5) is 38.4. The molecule has 0 saturated heterocycles. The highest BCUT2D eigenvalue weighted by molar-refractivity contribution is 5.71. The van der Waals surface area contributed by atoms with Crippen molar-refractivity contribution in [1.82, 2.24) is 0 Å². The van der Waals surface area contributed by atoms with Crippen LogP contribution in [0, 0.1) is 0 Å². The third-order valence-corrected chi connectivity index (χ3v) is 13.7. The third kappa shape index (κ3) is 67.4. The molecule has 0 spiro atoms. The number of carbonyl (C=O) groups is 3. The second kappa shape index (κ2) is 69.3. The van der Waals surface area contributed by atoms with Gasteiger partial charge in [0.15, 0.2) is 6.10 Å². The van der Waals surface area contributed by atoms with Crippen LogP contribution in [0.3, 0.4) is 0 Å². The molecule has 0 rings (SSSR count). The first-order valence-electron chi connectivity index (χ1n) is 33.6. The zero-order valence-electron chi connectivity index (χ0n) is 53.4. The molecule has 0 aromatic carbocycles. The Labute approximate surface area is 511 Å². The predicted octanol–water partition coefficient (Wildman–Crippen LogP) is 23.4. The highest BCUT2D eigenvalue weighted by Crippen LogP contribution is 2.14. The fourth-order valence-electron chi connectivity index (χ4n) is 8.71. The first-order chi connectivity index (χ1) is 41.0. The van der Waals surface area contributed by atoms with Gasteiger partial charge < -0.3 is 14.2 Å². The van der Waals surface area contributed by atoms with Crippen LogP contribution in [0.1, 0.15) is 278 Å². The van der Waals surface area contributed by atoms with Gasteiger partial charge in [0.05, 0.1) is 0 Å². The number of rotatable bonds is 59. The van der Waals surface area contributed by atoms with E-state index in [1.807, 2.05) is 0 Å². The average Bonchev–Trinajstić information content (AvgIpc) is 3.49. The minimum atomic E-state index is -0.818. The van der Waals surface area contributed by atoms with Crippen LogP contribution in [-0.4, -0.2) is 37.2 Å². The highest BCUT2D eigenvalue weighted by Gasteiger charge is 2.19. The fourth-order valence-corrected chi connectivity index (χ4v) is 8.71. The van der Waals surface area contributed by atoms with E-state index in [9.17, 15) is 14.4 Å². The number of hydrogen-bond donors (Lipinski definition) is 0. The van der Waals surface area contributed by atoms with Crippen molar-refractivity contribution in [2.24, 2.45) is 0 Å². The zero-order chi connectivity index (χ0) is 59.9. The van der Waals surface area contributed by atoms with Crippen molar-refractivity contribution < 1.29 is 28.6 Å². The minimum absolute atomic E-state index is 0.110. The monoisotopic (exact) mass is 1140 g/mol.